The molecule has 2 aliphatic rings. The molecule has 32 heavy (non-hydrogen) atoms. The summed E-state index contributed by atoms with van der Waals surface area (Å²) < 4.78 is 19.5. The summed E-state index contributed by atoms with van der Waals surface area (Å²) in [6, 6.07) is 9.14. The van der Waals surface area contributed by atoms with Gasteiger partial charge in [-0.1, -0.05) is 29.3 Å². The van der Waals surface area contributed by atoms with Gasteiger partial charge in [0.2, 0.25) is 0 Å². The van der Waals surface area contributed by atoms with Crippen molar-refractivity contribution in [2.75, 3.05) is 25.0 Å². The Morgan fingerprint density at radius 1 is 1.19 bits per heavy atom. The summed E-state index contributed by atoms with van der Waals surface area (Å²) in [5, 5.41) is 13.0. The highest BCUT2D eigenvalue weighted by Crippen LogP contribution is 2.43. The van der Waals surface area contributed by atoms with E-state index in [0.29, 0.717) is 65.8 Å². The van der Waals surface area contributed by atoms with Crippen LogP contribution < -0.4 is 5.32 Å². The second kappa shape index (κ2) is 9.83. The molecule has 0 aromatic heterocycles. The van der Waals surface area contributed by atoms with E-state index in [1.54, 1.807) is 24.3 Å². The molecule has 1 atom stereocenters. The van der Waals surface area contributed by atoms with Crippen LogP contribution in [0.2, 0.25) is 10.0 Å². The summed E-state index contributed by atoms with van der Waals surface area (Å²) in [6.07, 6.45) is 0.855. The molecule has 2 aliphatic heterocycles. The SMILES string of the molecule is Cl.O=C1Nc2ccc(F)cc2C2(CCN(CCC(C(=O)O)c3ccc(Cl)c(Cl)c3)CC2)O1. The number of anilines is 1. The monoisotopic (exact) mass is 502 g/mol. The van der Waals surface area contributed by atoms with E-state index in [-0.39, 0.29) is 18.2 Å². The van der Waals surface area contributed by atoms with Crippen LogP contribution in [0.3, 0.4) is 0 Å². The molecule has 0 aliphatic carbocycles. The van der Waals surface area contributed by atoms with Crippen LogP contribution in [0.15, 0.2) is 36.4 Å². The number of piperidine rings is 1. The predicted octanol–water partition coefficient (Wildman–Crippen LogP) is 5.67. The van der Waals surface area contributed by atoms with Crippen molar-refractivity contribution in [1.82, 2.24) is 4.90 Å². The first-order chi connectivity index (χ1) is 14.8. The van der Waals surface area contributed by atoms with Crippen LogP contribution in [0, 0.1) is 5.82 Å². The molecule has 1 fully saturated rings. The lowest BCUT2D eigenvalue weighted by atomic mass is 9.82. The number of nitrogens with one attached hydrogen (secondary N) is 1. The third-order valence-corrected chi connectivity index (χ3v) is 6.78. The van der Waals surface area contributed by atoms with E-state index in [2.05, 4.69) is 10.2 Å². The number of aliphatic carboxylic acids is 1. The van der Waals surface area contributed by atoms with Crippen molar-refractivity contribution < 1.29 is 23.8 Å². The van der Waals surface area contributed by atoms with Gasteiger partial charge >= 0.3 is 12.1 Å². The molecule has 1 spiro atoms. The molecule has 2 aromatic carbocycles. The maximum Gasteiger partial charge on any atom is 0.412 e. The second-order valence-corrected chi connectivity index (χ2v) is 8.71. The van der Waals surface area contributed by atoms with Gasteiger partial charge < -0.3 is 14.7 Å². The molecule has 2 heterocycles. The van der Waals surface area contributed by atoms with Gasteiger partial charge in [-0.2, -0.15) is 0 Å². The molecule has 2 N–H and O–H groups in total. The Bertz CT molecular complexity index is 1030. The number of carboxylic acids is 1. The molecular weight excluding hydrogens is 482 g/mol. The van der Waals surface area contributed by atoms with Crippen molar-refractivity contribution in [3.63, 3.8) is 0 Å². The number of nitrogens with zero attached hydrogens (tertiary/aromatic N) is 1. The Morgan fingerprint density at radius 3 is 2.56 bits per heavy atom. The van der Waals surface area contributed by atoms with Crippen LogP contribution in [-0.2, 0) is 15.1 Å². The second-order valence-electron chi connectivity index (χ2n) is 7.89. The standard InChI is InChI=1S/C22H21Cl2FN2O4.ClH/c23-17-3-1-13(11-18(17)24)15(20(28)29)5-8-27-9-6-22(7-10-27)16-12-14(25)2-4-19(16)26-21(30)31-22;/h1-4,11-12,15H,5-10H2,(H,26,30)(H,28,29);1H. The molecular formula is C22H22Cl3FN2O4. The third kappa shape index (κ3) is 4.96. The predicted molar refractivity (Wildman–Crippen MR) is 123 cm³/mol. The largest absolute Gasteiger partial charge is 0.481 e. The van der Waals surface area contributed by atoms with Gasteiger partial charge in [0.1, 0.15) is 11.4 Å². The summed E-state index contributed by atoms with van der Waals surface area (Å²) in [5.74, 6) is -2.02. The summed E-state index contributed by atoms with van der Waals surface area (Å²) in [6.45, 7) is 1.74. The number of carbonyl (C=O) groups excluding carboxylic acids is 1. The zero-order valence-corrected chi connectivity index (χ0v) is 19.3. The summed E-state index contributed by atoms with van der Waals surface area (Å²) >= 11 is 12.0. The van der Waals surface area contributed by atoms with E-state index >= 15 is 0 Å². The Balaban J connectivity index is 0.00000289. The van der Waals surface area contributed by atoms with E-state index in [1.165, 1.54) is 12.1 Å². The normalized spacial score (nSPS) is 18.2. The van der Waals surface area contributed by atoms with Gasteiger partial charge in [0, 0.05) is 31.5 Å². The first-order valence-corrected chi connectivity index (χ1v) is 10.7. The van der Waals surface area contributed by atoms with Crippen molar-refractivity contribution >= 4 is 53.4 Å². The Morgan fingerprint density at radius 2 is 1.91 bits per heavy atom. The number of carbonyl (C=O) groups is 2. The zero-order valence-electron chi connectivity index (χ0n) is 16.9. The molecule has 0 radical (unpaired) electrons. The topological polar surface area (TPSA) is 78.9 Å². The van der Waals surface area contributed by atoms with Crippen molar-refractivity contribution in [2.45, 2.75) is 30.8 Å². The van der Waals surface area contributed by atoms with Crippen molar-refractivity contribution in [1.29, 1.82) is 0 Å². The van der Waals surface area contributed by atoms with Crippen LogP contribution in [0.1, 0.15) is 36.3 Å². The number of halogens is 4. The molecule has 0 bridgehead atoms. The van der Waals surface area contributed by atoms with Gasteiger partial charge in [-0.25, -0.2) is 9.18 Å². The van der Waals surface area contributed by atoms with Crippen LogP contribution in [-0.4, -0.2) is 41.7 Å². The van der Waals surface area contributed by atoms with E-state index in [4.69, 9.17) is 27.9 Å². The first kappa shape index (κ1) is 24.6. The number of carboxylic acid groups (broad SMARTS) is 1. The number of benzene rings is 2. The molecule has 1 amide bonds. The summed E-state index contributed by atoms with van der Waals surface area (Å²) in [4.78, 5) is 26.0. The highest BCUT2D eigenvalue weighted by molar-refractivity contribution is 6.42. The van der Waals surface area contributed by atoms with Crippen molar-refractivity contribution in [3.8, 4) is 0 Å². The number of amides is 1. The number of fused-ring (bicyclic) bond motifs is 2. The van der Waals surface area contributed by atoms with Crippen LogP contribution in [0.5, 0.6) is 0 Å². The van der Waals surface area contributed by atoms with Crippen molar-refractivity contribution in [2.24, 2.45) is 0 Å². The quantitative estimate of drug-likeness (QED) is 0.550. The minimum Gasteiger partial charge on any atom is -0.481 e. The van der Waals surface area contributed by atoms with Gasteiger partial charge in [-0.15, -0.1) is 12.4 Å². The van der Waals surface area contributed by atoms with E-state index in [0.717, 1.165) is 0 Å². The molecule has 172 valence electrons. The molecule has 0 saturated carbocycles. The minimum absolute atomic E-state index is 0. The number of hydrogen-bond donors (Lipinski definition) is 2. The average molecular weight is 504 g/mol. The first-order valence-electron chi connectivity index (χ1n) is 9.97. The van der Waals surface area contributed by atoms with E-state index in [1.807, 2.05) is 0 Å². The molecule has 1 unspecified atom stereocenters. The molecule has 1 saturated heterocycles. The lowest BCUT2D eigenvalue weighted by molar-refractivity contribution is -0.139. The summed E-state index contributed by atoms with van der Waals surface area (Å²) in [5.41, 5.74) is 0.946. The number of rotatable bonds is 5. The van der Waals surface area contributed by atoms with Crippen LogP contribution in [0.25, 0.3) is 0 Å². The fourth-order valence-electron chi connectivity index (χ4n) is 4.35. The fraction of sp³-hybridized carbons (Fsp3) is 0.364. The highest BCUT2D eigenvalue weighted by Gasteiger charge is 2.44. The van der Waals surface area contributed by atoms with E-state index < -0.39 is 23.6 Å². The van der Waals surface area contributed by atoms with Gasteiger partial charge in [0.05, 0.1) is 21.7 Å². The number of likely N-dealkylation sites (tertiary alicyclic amines) is 1. The third-order valence-electron chi connectivity index (χ3n) is 6.04. The molecule has 10 heteroatoms. The van der Waals surface area contributed by atoms with Gasteiger partial charge in [-0.05, 0) is 48.9 Å². The Hall–Kier alpha value is -2.06. The maximum absolute atomic E-state index is 13.9. The lowest BCUT2D eigenvalue weighted by Gasteiger charge is -2.44. The van der Waals surface area contributed by atoms with Crippen molar-refractivity contribution in [3.05, 3.63) is 63.4 Å². The smallest absolute Gasteiger partial charge is 0.412 e. The Kier molecular flexibility index (Phi) is 7.55. The number of hydrogen-bond acceptors (Lipinski definition) is 4. The fourth-order valence-corrected chi connectivity index (χ4v) is 4.66. The molecule has 6 nitrogen and oxygen atoms in total. The zero-order chi connectivity index (χ0) is 22.2. The average Bonchev–Trinajstić information content (AvgIpc) is 2.72. The Labute approximate surface area is 201 Å². The van der Waals surface area contributed by atoms with Gasteiger partial charge in [0.25, 0.3) is 0 Å². The minimum atomic E-state index is -0.927. The van der Waals surface area contributed by atoms with Gasteiger partial charge in [0.15, 0.2) is 0 Å². The van der Waals surface area contributed by atoms with Crippen LogP contribution >= 0.6 is 35.6 Å². The summed E-state index contributed by atoms with van der Waals surface area (Å²) in [7, 11) is 0. The van der Waals surface area contributed by atoms with Gasteiger partial charge in [-0.3, -0.25) is 10.1 Å². The van der Waals surface area contributed by atoms with E-state index in [9.17, 15) is 19.1 Å². The molecule has 2 aromatic rings. The molecule has 4 rings (SSSR count). The number of ether oxygens (including phenoxy) is 1. The lowest BCUT2D eigenvalue weighted by Crippen LogP contribution is -2.48. The highest BCUT2D eigenvalue weighted by atomic mass is 35.5. The maximum atomic E-state index is 13.9. The van der Waals surface area contributed by atoms with Crippen LogP contribution in [0.4, 0.5) is 14.9 Å².